The Kier molecular flexibility index (Phi) is 6.40. The molecule has 0 aromatic heterocycles. The number of rotatable bonds is 7. The molecule has 0 spiro atoms. The molecule has 0 radical (unpaired) electrons. The monoisotopic (exact) mass is 465 g/mol. The molecule has 0 bridgehead atoms. The van der Waals surface area contributed by atoms with E-state index in [0.717, 1.165) is 28.9 Å². The van der Waals surface area contributed by atoms with Crippen LogP contribution < -0.4 is 4.74 Å². The van der Waals surface area contributed by atoms with Crippen molar-refractivity contribution in [3.63, 3.8) is 0 Å². The van der Waals surface area contributed by atoms with E-state index in [4.69, 9.17) is 4.74 Å². The highest BCUT2D eigenvalue weighted by molar-refractivity contribution is 6.09. The van der Waals surface area contributed by atoms with E-state index in [1.54, 1.807) is 12.1 Å². The number of ether oxygens (including phenoxy) is 1. The summed E-state index contributed by atoms with van der Waals surface area (Å²) < 4.78 is 5.15. The molecule has 2 aromatic carbocycles. The maximum absolute atomic E-state index is 13.5. The second-order valence-electron chi connectivity index (χ2n) is 8.31. The number of amides is 3. The van der Waals surface area contributed by atoms with Gasteiger partial charge in [0, 0.05) is 23.3 Å². The van der Waals surface area contributed by atoms with Crippen molar-refractivity contribution in [3.8, 4) is 5.75 Å². The lowest BCUT2D eigenvalue weighted by molar-refractivity contribution is -0.384. The third-order valence-corrected chi connectivity index (χ3v) is 6.28. The third kappa shape index (κ3) is 4.26. The van der Waals surface area contributed by atoms with Gasteiger partial charge in [-0.15, -0.1) is 0 Å². The molecular formula is C24H23N3O7. The van der Waals surface area contributed by atoms with Crippen LogP contribution in [0.1, 0.15) is 46.4 Å². The lowest BCUT2D eigenvalue weighted by Crippen LogP contribution is -2.52. The summed E-state index contributed by atoms with van der Waals surface area (Å²) in [7, 11) is 1.45. The highest BCUT2D eigenvalue weighted by atomic mass is 16.6. The number of methoxy groups -OCH3 is 1. The Balaban J connectivity index is 1.71. The number of nitrogens with zero attached hydrogens (tertiary/aromatic N) is 3. The van der Waals surface area contributed by atoms with Crippen molar-refractivity contribution in [2.24, 2.45) is 11.8 Å². The van der Waals surface area contributed by atoms with Gasteiger partial charge in [0.15, 0.2) is 5.78 Å². The largest absolute Gasteiger partial charge is 0.497 e. The second kappa shape index (κ2) is 9.42. The fourth-order valence-corrected chi connectivity index (χ4v) is 4.54. The molecule has 34 heavy (non-hydrogen) atoms. The van der Waals surface area contributed by atoms with Crippen LogP contribution in [0.5, 0.6) is 5.75 Å². The number of benzene rings is 2. The van der Waals surface area contributed by atoms with Crippen LogP contribution in [0.25, 0.3) is 0 Å². The van der Waals surface area contributed by atoms with Gasteiger partial charge in [-0.3, -0.25) is 29.3 Å². The van der Waals surface area contributed by atoms with Crippen molar-refractivity contribution in [1.82, 2.24) is 10.0 Å². The fourth-order valence-electron chi connectivity index (χ4n) is 4.54. The van der Waals surface area contributed by atoms with E-state index in [1.165, 1.54) is 37.4 Å². The number of non-ortho nitro benzene ring substituents is 1. The van der Waals surface area contributed by atoms with E-state index in [1.807, 2.05) is 0 Å². The first-order chi connectivity index (χ1) is 16.3. The molecule has 10 nitrogen and oxygen atoms in total. The van der Waals surface area contributed by atoms with Crippen LogP contribution in [0.3, 0.4) is 0 Å². The number of nitro benzene ring substituents is 1. The normalized spacial score (nSPS) is 19.5. The second-order valence-corrected chi connectivity index (χ2v) is 8.31. The van der Waals surface area contributed by atoms with Gasteiger partial charge in [0.2, 0.25) is 0 Å². The smallest absolute Gasteiger partial charge is 0.273 e. The van der Waals surface area contributed by atoms with Crippen molar-refractivity contribution < 1.29 is 28.8 Å². The summed E-state index contributed by atoms with van der Waals surface area (Å²) in [4.78, 5) is 63.5. The van der Waals surface area contributed by atoms with Crippen LogP contribution in [-0.4, -0.2) is 52.1 Å². The number of hydrogen-bond acceptors (Lipinski definition) is 7. The number of carbonyl (C=O) groups is 4. The van der Waals surface area contributed by atoms with Crippen LogP contribution in [0.15, 0.2) is 48.5 Å². The van der Waals surface area contributed by atoms with E-state index >= 15 is 0 Å². The summed E-state index contributed by atoms with van der Waals surface area (Å²) in [5, 5.41) is 12.8. The summed E-state index contributed by atoms with van der Waals surface area (Å²) >= 11 is 0. The molecular weight excluding hydrogens is 442 g/mol. The number of nitro groups is 1. The van der Waals surface area contributed by atoms with Crippen molar-refractivity contribution in [2.75, 3.05) is 13.7 Å². The number of Topliss-reactive ketones (excluding diaryl/α,β-unsaturated/α-hetero) is 1. The maximum atomic E-state index is 13.5. The number of carbonyl (C=O) groups excluding carboxylic acids is 4. The average molecular weight is 465 g/mol. The molecule has 1 aliphatic carbocycles. The van der Waals surface area contributed by atoms with Crippen molar-refractivity contribution in [2.45, 2.75) is 25.7 Å². The van der Waals surface area contributed by atoms with Crippen LogP contribution in [0.4, 0.5) is 5.69 Å². The standard InChI is InChI=1S/C24H23N3O7/c1-34-18-9-5-6-15(13-18)21(28)14-25(22(29)16-7-4-8-17(12-16)27(32)33)26-23(30)19-10-2-3-11-20(19)24(26)31/h4-9,12-13,19-20H,2-3,10-11,14H2,1H3/t19-,20+. The maximum Gasteiger partial charge on any atom is 0.273 e. The zero-order valence-corrected chi connectivity index (χ0v) is 18.5. The van der Waals surface area contributed by atoms with Gasteiger partial charge in [0.1, 0.15) is 12.3 Å². The molecule has 0 N–H and O–H groups in total. The summed E-state index contributed by atoms with van der Waals surface area (Å²) in [5.74, 6) is -3.05. The molecule has 1 aliphatic heterocycles. The molecule has 10 heteroatoms. The summed E-state index contributed by atoms with van der Waals surface area (Å²) in [6.45, 7) is -0.592. The number of fused-ring (bicyclic) bond motifs is 1. The first-order valence-corrected chi connectivity index (χ1v) is 10.9. The summed E-state index contributed by atoms with van der Waals surface area (Å²) in [6, 6.07) is 11.3. The van der Waals surface area contributed by atoms with Gasteiger partial charge in [-0.2, -0.15) is 5.01 Å². The lowest BCUT2D eigenvalue weighted by atomic mass is 9.81. The summed E-state index contributed by atoms with van der Waals surface area (Å²) in [6.07, 6.45) is 2.67. The Morgan fingerprint density at radius 2 is 1.65 bits per heavy atom. The zero-order chi connectivity index (χ0) is 24.4. The van der Waals surface area contributed by atoms with Crippen LogP contribution in [-0.2, 0) is 9.59 Å². The van der Waals surface area contributed by atoms with Crippen molar-refractivity contribution in [3.05, 3.63) is 69.8 Å². The van der Waals surface area contributed by atoms with Crippen LogP contribution >= 0.6 is 0 Å². The highest BCUT2D eigenvalue weighted by Crippen LogP contribution is 2.39. The Morgan fingerprint density at radius 3 is 2.26 bits per heavy atom. The minimum Gasteiger partial charge on any atom is -0.497 e. The molecule has 0 unspecified atom stereocenters. The van der Waals surface area contributed by atoms with Gasteiger partial charge in [-0.05, 0) is 31.0 Å². The van der Waals surface area contributed by atoms with Crippen molar-refractivity contribution >= 4 is 29.2 Å². The minimum absolute atomic E-state index is 0.108. The zero-order valence-electron chi connectivity index (χ0n) is 18.5. The topological polar surface area (TPSA) is 127 Å². The van der Waals surface area contributed by atoms with Gasteiger partial charge >= 0.3 is 0 Å². The number of hydrazine groups is 1. The Bertz CT molecular complexity index is 1150. The third-order valence-electron chi connectivity index (χ3n) is 6.28. The average Bonchev–Trinajstić information content (AvgIpc) is 3.12. The predicted molar refractivity (Wildman–Crippen MR) is 119 cm³/mol. The van der Waals surface area contributed by atoms with E-state index in [9.17, 15) is 29.3 Å². The fraction of sp³-hybridized carbons (Fsp3) is 0.333. The molecule has 3 amide bonds. The van der Waals surface area contributed by atoms with E-state index < -0.39 is 46.8 Å². The molecule has 2 aromatic rings. The van der Waals surface area contributed by atoms with Crippen LogP contribution in [0.2, 0.25) is 0 Å². The number of ketones is 1. The van der Waals surface area contributed by atoms with Gasteiger partial charge in [0.25, 0.3) is 23.4 Å². The molecule has 1 heterocycles. The van der Waals surface area contributed by atoms with Gasteiger partial charge < -0.3 is 4.74 Å². The van der Waals surface area contributed by atoms with Crippen LogP contribution in [0, 0.1) is 22.0 Å². The first-order valence-electron chi connectivity index (χ1n) is 10.9. The molecule has 2 atom stereocenters. The Hall–Kier alpha value is -4.08. The number of imide groups is 1. The quantitative estimate of drug-likeness (QED) is 0.266. The molecule has 2 fully saturated rings. The highest BCUT2D eigenvalue weighted by Gasteiger charge is 2.51. The SMILES string of the molecule is COc1cccc(C(=O)CN(C(=O)c2cccc([N+](=O)[O-])c2)N2C(=O)[C@H]3CCCC[C@H]3C2=O)c1. The number of hydrogen-bond donors (Lipinski definition) is 0. The van der Waals surface area contributed by atoms with E-state index in [2.05, 4.69) is 0 Å². The van der Waals surface area contributed by atoms with E-state index in [-0.39, 0.29) is 16.8 Å². The van der Waals surface area contributed by atoms with Gasteiger partial charge in [-0.1, -0.05) is 31.0 Å². The molecule has 1 saturated carbocycles. The molecule has 2 aliphatic rings. The van der Waals surface area contributed by atoms with Crippen molar-refractivity contribution in [1.29, 1.82) is 0 Å². The predicted octanol–water partition coefficient (Wildman–Crippen LogP) is 3.02. The first kappa shape index (κ1) is 23.1. The summed E-state index contributed by atoms with van der Waals surface area (Å²) in [5.41, 5.74) is -0.200. The Morgan fingerprint density at radius 1 is 1.03 bits per heavy atom. The lowest BCUT2D eigenvalue weighted by Gasteiger charge is -2.30. The molecule has 176 valence electrons. The minimum atomic E-state index is -0.847. The Labute approximate surface area is 195 Å². The van der Waals surface area contributed by atoms with E-state index in [0.29, 0.717) is 18.6 Å². The van der Waals surface area contributed by atoms with Gasteiger partial charge in [0.05, 0.1) is 23.9 Å². The molecule has 1 saturated heterocycles. The molecule has 4 rings (SSSR count). The van der Waals surface area contributed by atoms with Gasteiger partial charge in [-0.25, -0.2) is 5.01 Å².